The Balaban J connectivity index is 1.46. The molecule has 2 saturated heterocycles. The fourth-order valence-electron chi connectivity index (χ4n) is 3.16. The SMILES string of the molecule is O=C(NCCCCCCNC(=O)O[C@H]1CS(=O)(=O)C[C@H]1O)OC1CS(=O)(=O)C[C@@H]1O. The van der Waals surface area contributed by atoms with Gasteiger partial charge in [-0.15, -0.1) is 0 Å². The van der Waals surface area contributed by atoms with Crippen molar-refractivity contribution in [2.24, 2.45) is 0 Å². The van der Waals surface area contributed by atoms with Crippen molar-refractivity contribution >= 4 is 31.9 Å². The number of alkyl carbamates (subject to hydrolysis) is 2. The highest BCUT2D eigenvalue weighted by molar-refractivity contribution is 7.92. The third-order valence-electron chi connectivity index (χ3n) is 4.70. The van der Waals surface area contributed by atoms with E-state index in [0.29, 0.717) is 25.9 Å². The molecule has 0 aromatic carbocycles. The number of aliphatic hydroxyl groups is 2. The molecule has 14 heteroatoms. The van der Waals surface area contributed by atoms with Crippen LogP contribution >= 0.6 is 0 Å². The molecule has 4 N–H and O–H groups in total. The lowest BCUT2D eigenvalue weighted by Gasteiger charge is -2.15. The van der Waals surface area contributed by atoms with Crippen molar-refractivity contribution in [3.8, 4) is 0 Å². The number of ether oxygens (including phenoxy) is 2. The van der Waals surface area contributed by atoms with E-state index in [1.807, 2.05) is 0 Å². The molecular formula is C16H28N2O10S2. The molecule has 0 aromatic heterocycles. The van der Waals surface area contributed by atoms with Crippen LogP contribution in [-0.2, 0) is 29.1 Å². The van der Waals surface area contributed by atoms with Gasteiger partial charge >= 0.3 is 12.2 Å². The molecule has 2 heterocycles. The van der Waals surface area contributed by atoms with E-state index in [-0.39, 0.29) is 11.5 Å². The number of carbonyl (C=O) groups excluding carboxylic acids is 2. The van der Waals surface area contributed by atoms with Crippen LogP contribution < -0.4 is 10.6 Å². The van der Waals surface area contributed by atoms with Crippen molar-refractivity contribution in [2.45, 2.75) is 50.1 Å². The number of carbonyl (C=O) groups is 2. The lowest BCUT2D eigenvalue weighted by atomic mass is 10.2. The number of sulfone groups is 2. The predicted molar refractivity (Wildman–Crippen MR) is 104 cm³/mol. The van der Waals surface area contributed by atoms with Gasteiger partial charge in [0.1, 0.15) is 24.4 Å². The van der Waals surface area contributed by atoms with Gasteiger partial charge in [-0.2, -0.15) is 0 Å². The van der Waals surface area contributed by atoms with Gasteiger partial charge in [-0.25, -0.2) is 26.4 Å². The normalized spacial score (nSPS) is 29.3. The van der Waals surface area contributed by atoms with Crippen molar-refractivity contribution in [2.75, 3.05) is 36.1 Å². The second-order valence-electron chi connectivity index (χ2n) is 7.44. The van der Waals surface area contributed by atoms with E-state index >= 15 is 0 Å². The Labute approximate surface area is 175 Å². The summed E-state index contributed by atoms with van der Waals surface area (Å²) >= 11 is 0. The summed E-state index contributed by atoms with van der Waals surface area (Å²) in [7, 11) is -6.76. The average Bonchev–Trinajstić information content (AvgIpc) is 3.02. The van der Waals surface area contributed by atoms with Crippen LogP contribution in [0.25, 0.3) is 0 Å². The van der Waals surface area contributed by atoms with Crippen molar-refractivity contribution in [1.29, 1.82) is 0 Å². The van der Waals surface area contributed by atoms with E-state index in [1.54, 1.807) is 0 Å². The van der Waals surface area contributed by atoms with Gasteiger partial charge in [-0.1, -0.05) is 12.8 Å². The van der Waals surface area contributed by atoms with Gasteiger partial charge in [-0.3, -0.25) is 0 Å². The molecule has 2 aliphatic heterocycles. The zero-order chi connectivity index (χ0) is 22.4. The lowest BCUT2D eigenvalue weighted by molar-refractivity contribution is 0.0328. The predicted octanol–water partition coefficient (Wildman–Crippen LogP) is -1.68. The van der Waals surface area contributed by atoms with Gasteiger partial charge in [0.2, 0.25) is 0 Å². The molecule has 0 aliphatic carbocycles. The Bertz CT molecular complexity index is 746. The number of amides is 2. The third kappa shape index (κ3) is 8.24. The first-order chi connectivity index (χ1) is 14.0. The maximum Gasteiger partial charge on any atom is 0.407 e. The Hall–Kier alpha value is -1.64. The third-order valence-corrected chi connectivity index (χ3v) is 8.07. The molecule has 0 saturated carbocycles. The van der Waals surface area contributed by atoms with Gasteiger partial charge in [0.25, 0.3) is 0 Å². The molecule has 0 bridgehead atoms. The standard InChI is InChI=1S/C16H28N2O10S2/c19-11-7-29(23,24)9-13(11)27-15(21)17-5-3-1-2-4-6-18-16(22)28-14-10-30(25,26)8-12(14)20/h11-14,19-20H,1-10H2,(H,17,21)(H,18,22)/t11-,12+,13+,14?/m1/s1. The van der Waals surface area contributed by atoms with Crippen LogP contribution in [0.15, 0.2) is 0 Å². The minimum atomic E-state index is -3.38. The zero-order valence-electron chi connectivity index (χ0n) is 16.4. The van der Waals surface area contributed by atoms with E-state index < -0.39 is 67.8 Å². The van der Waals surface area contributed by atoms with E-state index in [9.17, 15) is 36.6 Å². The summed E-state index contributed by atoms with van der Waals surface area (Å²) in [5, 5.41) is 24.1. The first-order valence-electron chi connectivity index (χ1n) is 9.63. The molecule has 0 spiro atoms. The zero-order valence-corrected chi connectivity index (χ0v) is 18.0. The van der Waals surface area contributed by atoms with Crippen LogP contribution in [0.5, 0.6) is 0 Å². The number of aliphatic hydroxyl groups excluding tert-OH is 2. The highest BCUT2D eigenvalue weighted by atomic mass is 32.2. The first kappa shape index (κ1) is 24.6. The fourth-order valence-corrected chi connectivity index (χ4v) is 6.49. The molecule has 0 radical (unpaired) electrons. The molecule has 2 fully saturated rings. The molecular weight excluding hydrogens is 444 g/mol. The monoisotopic (exact) mass is 472 g/mol. The van der Waals surface area contributed by atoms with Crippen molar-refractivity contribution in [1.82, 2.24) is 10.6 Å². The number of hydrogen-bond acceptors (Lipinski definition) is 10. The van der Waals surface area contributed by atoms with Gasteiger partial charge in [-0.05, 0) is 12.8 Å². The van der Waals surface area contributed by atoms with Gasteiger partial charge < -0.3 is 30.3 Å². The van der Waals surface area contributed by atoms with Gasteiger partial charge in [0, 0.05) is 13.1 Å². The second kappa shape index (κ2) is 10.6. The lowest BCUT2D eigenvalue weighted by Crippen LogP contribution is -2.35. The van der Waals surface area contributed by atoms with Crippen LogP contribution in [0.1, 0.15) is 25.7 Å². The minimum Gasteiger partial charge on any atom is -0.442 e. The summed E-state index contributed by atoms with van der Waals surface area (Å²) in [4.78, 5) is 23.2. The number of rotatable bonds is 9. The highest BCUT2D eigenvalue weighted by Gasteiger charge is 2.40. The molecule has 12 nitrogen and oxygen atoms in total. The highest BCUT2D eigenvalue weighted by Crippen LogP contribution is 2.16. The van der Waals surface area contributed by atoms with Crippen LogP contribution in [0, 0.1) is 0 Å². The Morgan fingerprint density at radius 2 is 1.07 bits per heavy atom. The van der Waals surface area contributed by atoms with Gasteiger partial charge in [0.15, 0.2) is 19.7 Å². The van der Waals surface area contributed by atoms with E-state index in [0.717, 1.165) is 12.8 Å². The van der Waals surface area contributed by atoms with Crippen LogP contribution in [-0.4, -0.2) is 99.8 Å². The topological polar surface area (TPSA) is 185 Å². The van der Waals surface area contributed by atoms with E-state index in [1.165, 1.54) is 0 Å². The maximum atomic E-state index is 11.6. The Morgan fingerprint density at radius 3 is 1.37 bits per heavy atom. The molecule has 2 rings (SSSR count). The largest absolute Gasteiger partial charge is 0.442 e. The van der Waals surface area contributed by atoms with Crippen molar-refractivity contribution in [3.05, 3.63) is 0 Å². The van der Waals surface area contributed by atoms with Crippen LogP contribution in [0.3, 0.4) is 0 Å². The van der Waals surface area contributed by atoms with Gasteiger partial charge in [0.05, 0.1) is 23.0 Å². The maximum absolute atomic E-state index is 11.6. The summed E-state index contributed by atoms with van der Waals surface area (Å²) in [5.74, 6) is -1.58. The summed E-state index contributed by atoms with van der Waals surface area (Å²) in [5.41, 5.74) is 0. The summed E-state index contributed by atoms with van der Waals surface area (Å²) in [6.07, 6.45) is -3.31. The van der Waals surface area contributed by atoms with E-state index in [4.69, 9.17) is 9.47 Å². The summed E-state index contributed by atoms with van der Waals surface area (Å²) in [6.45, 7) is 0.635. The first-order valence-corrected chi connectivity index (χ1v) is 13.3. The number of nitrogens with one attached hydrogen (secondary N) is 2. The molecule has 0 aromatic rings. The smallest absolute Gasteiger partial charge is 0.407 e. The van der Waals surface area contributed by atoms with Crippen LogP contribution in [0.4, 0.5) is 9.59 Å². The average molecular weight is 473 g/mol. The van der Waals surface area contributed by atoms with E-state index in [2.05, 4.69) is 10.6 Å². The number of hydrogen-bond donors (Lipinski definition) is 4. The number of unbranched alkanes of at least 4 members (excludes halogenated alkanes) is 3. The molecule has 2 amide bonds. The molecule has 2 aliphatic rings. The second-order valence-corrected chi connectivity index (χ2v) is 11.8. The quantitative estimate of drug-likeness (QED) is 0.282. The molecule has 174 valence electrons. The van der Waals surface area contributed by atoms with Crippen molar-refractivity contribution < 1.29 is 46.1 Å². The summed E-state index contributed by atoms with van der Waals surface area (Å²) < 4.78 is 55.2. The fraction of sp³-hybridized carbons (Fsp3) is 0.875. The molecule has 1 unspecified atom stereocenters. The summed E-state index contributed by atoms with van der Waals surface area (Å²) in [6, 6.07) is 0. The Morgan fingerprint density at radius 1 is 0.700 bits per heavy atom. The molecule has 30 heavy (non-hydrogen) atoms. The minimum absolute atomic E-state index is 0.317. The van der Waals surface area contributed by atoms with Crippen molar-refractivity contribution in [3.63, 3.8) is 0 Å². The molecule has 4 atom stereocenters. The van der Waals surface area contributed by atoms with Crippen LogP contribution in [0.2, 0.25) is 0 Å². The Kier molecular flexibility index (Phi) is 8.70.